The fraction of sp³-hybridized carbons (Fsp3) is 0.556. The summed E-state index contributed by atoms with van der Waals surface area (Å²) in [6.07, 6.45) is -0.622. The molecule has 2 rings (SSSR count). The zero-order chi connectivity index (χ0) is 43.7. The molecule has 1 aliphatic rings. The van der Waals surface area contributed by atoms with Gasteiger partial charge in [0.2, 0.25) is 30.4 Å². The molecule has 1 aliphatic heterocycles. The summed E-state index contributed by atoms with van der Waals surface area (Å²) in [5, 5.41) is 35.5. The van der Waals surface area contributed by atoms with Crippen LogP contribution in [0.4, 0.5) is 9.59 Å². The second-order valence-electron chi connectivity index (χ2n) is 13.0. The Morgan fingerprint density at radius 2 is 1.53 bits per heavy atom. The first-order chi connectivity index (χ1) is 28.1. The molecular formula is C36H50N6O16S. The van der Waals surface area contributed by atoms with Gasteiger partial charge in [-0.1, -0.05) is 36.8 Å². The Hall–Kier alpha value is -5.97. The number of hydrogen-bond donors (Lipinski definition) is 8. The normalized spacial score (nSPS) is 14.9. The number of ether oxygens (including phenoxy) is 3. The Balaban J connectivity index is 1.61. The van der Waals surface area contributed by atoms with E-state index in [1.165, 1.54) is 0 Å². The van der Waals surface area contributed by atoms with E-state index in [0.717, 1.165) is 22.2 Å². The molecule has 0 bridgehead atoms. The molecule has 0 radical (unpaired) electrons. The van der Waals surface area contributed by atoms with E-state index in [0.29, 0.717) is 32.1 Å². The molecule has 23 heteroatoms. The van der Waals surface area contributed by atoms with Crippen molar-refractivity contribution in [2.45, 2.75) is 94.2 Å². The van der Waals surface area contributed by atoms with Crippen LogP contribution in [-0.2, 0) is 59.2 Å². The first kappa shape index (κ1) is 49.2. The molecule has 22 nitrogen and oxygen atoms in total. The summed E-state index contributed by atoms with van der Waals surface area (Å²) >= 11 is 0.918. The van der Waals surface area contributed by atoms with Gasteiger partial charge in [-0.15, -0.1) is 11.8 Å². The lowest BCUT2D eigenvalue weighted by molar-refractivity contribution is -0.152. The van der Waals surface area contributed by atoms with E-state index in [1.54, 1.807) is 30.3 Å². The summed E-state index contributed by atoms with van der Waals surface area (Å²) in [4.78, 5) is 121. The smallest absolute Gasteiger partial charge is 0.410 e. The van der Waals surface area contributed by atoms with Crippen LogP contribution in [0.2, 0.25) is 0 Å². The SMILES string of the molecule is N[C@@H](CCC(=O)N[C@@H](CSC1CC(=O)N(CCCCCC(=O)OCOC(=O)NCCCC[C@H](NC(=O)OCc2ccccc2)C(=O)O)C1=O)C(=O)NCC(=O)O)C(=O)O. The van der Waals surface area contributed by atoms with Crippen LogP contribution in [0.25, 0.3) is 0 Å². The highest BCUT2D eigenvalue weighted by molar-refractivity contribution is 8.00. The molecule has 1 heterocycles. The monoisotopic (exact) mass is 854 g/mol. The largest absolute Gasteiger partial charge is 0.480 e. The number of esters is 1. The number of alkyl carbamates (subject to hydrolysis) is 2. The molecule has 6 amide bonds. The minimum atomic E-state index is -1.34. The molecule has 4 atom stereocenters. The zero-order valence-electron chi connectivity index (χ0n) is 32.1. The maximum absolute atomic E-state index is 13.0. The number of carboxylic acids is 3. The van der Waals surface area contributed by atoms with Crippen LogP contribution in [0.3, 0.4) is 0 Å². The number of thioether (sulfide) groups is 1. The Labute approximate surface area is 342 Å². The standard InChI is InChI=1S/C36H50N6O16S/c37-23(33(50)51)13-14-27(43)40-25(31(48)39-18-29(45)46)20-59-26-17-28(44)42(32(26)49)16-8-2-5-12-30(47)57-21-58-35(54)38-15-7-6-11-24(34(52)53)41-36(55)56-19-22-9-3-1-4-10-22/h1,3-4,9-10,23-26H,2,5-8,11-21,37H2,(H,38,54)(H,39,48)(H,40,43)(H,41,55)(H,45,46)(H,50,51)(H,52,53)/t23-,24-,25-,26?/m0/s1. The number of nitrogens with zero attached hydrogens (tertiary/aromatic N) is 1. The van der Waals surface area contributed by atoms with Gasteiger partial charge in [0, 0.05) is 38.1 Å². The van der Waals surface area contributed by atoms with Crippen molar-refractivity contribution in [1.29, 1.82) is 0 Å². The van der Waals surface area contributed by atoms with Crippen LogP contribution in [0.1, 0.15) is 69.8 Å². The summed E-state index contributed by atoms with van der Waals surface area (Å²) < 4.78 is 14.7. The molecular weight excluding hydrogens is 804 g/mol. The Bertz CT molecular complexity index is 1630. The van der Waals surface area contributed by atoms with Crippen molar-refractivity contribution in [3.8, 4) is 0 Å². The van der Waals surface area contributed by atoms with Gasteiger partial charge in [0.25, 0.3) is 0 Å². The minimum absolute atomic E-state index is 0.0195. The molecule has 1 unspecified atom stereocenters. The van der Waals surface area contributed by atoms with E-state index in [-0.39, 0.29) is 57.6 Å². The van der Waals surface area contributed by atoms with Gasteiger partial charge in [0.05, 0.1) is 5.25 Å². The second-order valence-corrected chi connectivity index (χ2v) is 14.3. The first-order valence-electron chi connectivity index (χ1n) is 18.6. The number of nitrogens with one attached hydrogen (secondary N) is 4. The van der Waals surface area contributed by atoms with Gasteiger partial charge in [-0.25, -0.2) is 14.4 Å². The molecule has 0 spiro atoms. The lowest BCUT2D eigenvalue weighted by Gasteiger charge is -2.20. The van der Waals surface area contributed by atoms with Gasteiger partial charge in [-0.2, -0.15) is 0 Å². The molecule has 59 heavy (non-hydrogen) atoms. The first-order valence-corrected chi connectivity index (χ1v) is 19.6. The number of amides is 6. The number of carbonyl (C=O) groups is 10. The number of carboxylic acid groups (broad SMARTS) is 3. The van der Waals surface area contributed by atoms with E-state index in [9.17, 15) is 53.1 Å². The second kappa shape index (κ2) is 26.9. The summed E-state index contributed by atoms with van der Waals surface area (Å²) in [5.41, 5.74) is 6.14. The number of unbranched alkanes of at least 4 members (excludes halogenated alkanes) is 3. The molecule has 326 valence electrons. The summed E-state index contributed by atoms with van der Waals surface area (Å²) in [7, 11) is 0. The summed E-state index contributed by atoms with van der Waals surface area (Å²) in [6.45, 7) is -1.23. The molecule has 1 aromatic rings. The third-order valence-corrected chi connectivity index (χ3v) is 9.69. The van der Waals surface area contributed by atoms with Crippen LogP contribution in [0.15, 0.2) is 30.3 Å². The predicted octanol–water partition coefficient (Wildman–Crippen LogP) is 0.0620. The van der Waals surface area contributed by atoms with Crippen molar-refractivity contribution in [3.63, 3.8) is 0 Å². The fourth-order valence-corrected chi connectivity index (χ4v) is 6.38. The molecule has 9 N–H and O–H groups in total. The lowest BCUT2D eigenvalue weighted by atomic mass is 10.1. The van der Waals surface area contributed by atoms with Crippen LogP contribution in [-0.4, -0.2) is 135 Å². The average Bonchev–Trinajstić information content (AvgIpc) is 3.46. The van der Waals surface area contributed by atoms with Crippen LogP contribution in [0, 0.1) is 0 Å². The maximum Gasteiger partial charge on any atom is 0.410 e. The van der Waals surface area contributed by atoms with E-state index < -0.39 is 96.4 Å². The van der Waals surface area contributed by atoms with Crippen molar-refractivity contribution in [2.24, 2.45) is 5.73 Å². The van der Waals surface area contributed by atoms with Gasteiger partial charge >= 0.3 is 36.1 Å². The molecule has 0 aromatic heterocycles. The van der Waals surface area contributed by atoms with E-state index in [2.05, 4.69) is 21.3 Å². The molecule has 0 aliphatic carbocycles. The van der Waals surface area contributed by atoms with E-state index in [4.69, 9.17) is 30.2 Å². The molecule has 1 saturated heterocycles. The van der Waals surface area contributed by atoms with Gasteiger partial charge < -0.3 is 56.5 Å². The number of likely N-dealkylation sites (tertiary alicyclic amines) is 1. The lowest BCUT2D eigenvalue weighted by Crippen LogP contribution is -2.50. The summed E-state index contributed by atoms with van der Waals surface area (Å²) in [6, 6.07) is 5.06. The molecule has 1 fully saturated rings. The van der Waals surface area contributed by atoms with E-state index in [1.807, 2.05) is 0 Å². The quantitative estimate of drug-likeness (QED) is 0.0239. The number of benzene rings is 1. The molecule has 1 aromatic carbocycles. The third kappa shape index (κ3) is 20.3. The Kier molecular flexibility index (Phi) is 22.4. The number of aliphatic carboxylic acids is 3. The highest BCUT2D eigenvalue weighted by Gasteiger charge is 2.39. The van der Waals surface area contributed by atoms with Crippen molar-refractivity contribution >= 4 is 71.5 Å². The number of hydrogen-bond acceptors (Lipinski definition) is 15. The number of nitrogens with two attached hydrogens (primary N) is 1. The van der Waals surface area contributed by atoms with Gasteiger partial charge in [-0.05, 0) is 44.1 Å². The number of rotatable bonds is 28. The zero-order valence-corrected chi connectivity index (χ0v) is 32.9. The van der Waals surface area contributed by atoms with Crippen molar-refractivity contribution < 1.29 is 77.5 Å². The van der Waals surface area contributed by atoms with Crippen molar-refractivity contribution in [2.75, 3.05) is 32.2 Å². The number of carbonyl (C=O) groups excluding carboxylic acids is 7. The predicted molar refractivity (Wildman–Crippen MR) is 204 cm³/mol. The van der Waals surface area contributed by atoms with Gasteiger partial charge in [-0.3, -0.25) is 38.5 Å². The molecule has 0 saturated carbocycles. The highest BCUT2D eigenvalue weighted by Crippen LogP contribution is 2.26. The van der Waals surface area contributed by atoms with E-state index >= 15 is 0 Å². The topological polar surface area (TPSA) is 336 Å². The minimum Gasteiger partial charge on any atom is -0.480 e. The van der Waals surface area contributed by atoms with Crippen molar-refractivity contribution in [1.82, 2.24) is 26.2 Å². The average molecular weight is 855 g/mol. The van der Waals surface area contributed by atoms with Crippen molar-refractivity contribution in [3.05, 3.63) is 35.9 Å². The van der Waals surface area contributed by atoms with Gasteiger partial charge in [0.15, 0.2) is 0 Å². The van der Waals surface area contributed by atoms with Crippen LogP contribution in [0.5, 0.6) is 0 Å². The Morgan fingerprint density at radius 3 is 2.20 bits per heavy atom. The van der Waals surface area contributed by atoms with Gasteiger partial charge in [0.1, 0.15) is 31.3 Å². The number of imide groups is 1. The summed E-state index contributed by atoms with van der Waals surface area (Å²) in [5.74, 6) is -7.31. The Morgan fingerprint density at radius 1 is 0.797 bits per heavy atom. The highest BCUT2D eigenvalue weighted by atomic mass is 32.2. The fourth-order valence-electron chi connectivity index (χ4n) is 5.19. The van der Waals surface area contributed by atoms with Crippen LogP contribution < -0.4 is 27.0 Å². The third-order valence-electron chi connectivity index (χ3n) is 8.40. The van der Waals surface area contributed by atoms with Crippen LogP contribution >= 0.6 is 11.8 Å². The maximum atomic E-state index is 13.0.